The molecular weight excluding hydrogens is 309 g/mol. The number of rotatable bonds is 3. The molecule has 0 saturated carbocycles. The van der Waals surface area contributed by atoms with Crippen molar-refractivity contribution in [2.75, 3.05) is 0 Å². The summed E-state index contributed by atoms with van der Waals surface area (Å²) in [6.07, 6.45) is 0. The highest BCUT2D eigenvalue weighted by Crippen LogP contribution is 2.40. The van der Waals surface area contributed by atoms with Gasteiger partial charge in [-0.15, -0.1) is 10.2 Å². The van der Waals surface area contributed by atoms with Crippen LogP contribution in [0.15, 0.2) is 58.8 Å². The lowest BCUT2D eigenvalue weighted by Crippen LogP contribution is -1.99. The minimum absolute atomic E-state index is 0.00104. The lowest BCUT2D eigenvalue weighted by atomic mass is 10.2. The van der Waals surface area contributed by atoms with Crippen LogP contribution in [0.2, 0.25) is 0 Å². The Hall–Kier alpha value is -3.02. The van der Waals surface area contributed by atoms with Gasteiger partial charge in [0.15, 0.2) is 5.69 Å². The number of amides is 1. The number of fused-ring (bicyclic) bond motifs is 1. The highest BCUT2D eigenvalue weighted by Gasteiger charge is 2.18. The molecule has 122 valence electrons. The van der Waals surface area contributed by atoms with Crippen molar-refractivity contribution in [3.63, 3.8) is 0 Å². The molecule has 1 amide bonds. The Morgan fingerprint density at radius 2 is 1.79 bits per heavy atom. The Bertz CT molecular complexity index is 945. The van der Waals surface area contributed by atoms with Crippen LogP contribution in [-0.4, -0.2) is 15.6 Å². The summed E-state index contributed by atoms with van der Waals surface area (Å²) >= 11 is 0. The van der Waals surface area contributed by atoms with Crippen LogP contribution in [0.3, 0.4) is 0 Å². The number of halogens is 1. The van der Waals surface area contributed by atoms with Crippen LogP contribution < -0.4 is 0 Å². The van der Waals surface area contributed by atoms with Crippen molar-refractivity contribution >= 4 is 22.5 Å². The van der Waals surface area contributed by atoms with Gasteiger partial charge >= 0.3 is 0 Å². The monoisotopic (exact) mass is 325 g/mol. The molecule has 3 aromatic rings. The summed E-state index contributed by atoms with van der Waals surface area (Å²) in [4.78, 5) is 12.0. The molecule has 0 bridgehead atoms. The molecule has 0 aliphatic carbocycles. The Labute approximate surface area is 138 Å². The first-order valence-electron chi connectivity index (χ1n) is 7.53. The number of carbonyl (C=O) groups is 1. The van der Waals surface area contributed by atoms with Crippen molar-refractivity contribution in [3.05, 3.63) is 59.9 Å². The van der Waals surface area contributed by atoms with Gasteiger partial charge in [0.1, 0.15) is 5.82 Å². The number of aromatic nitrogens is 1. The normalized spacial score (nSPS) is 11.7. The second kappa shape index (κ2) is 6.23. The second-order valence-electron chi connectivity index (χ2n) is 5.64. The maximum absolute atomic E-state index is 13.6. The van der Waals surface area contributed by atoms with E-state index in [1.54, 1.807) is 16.7 Å². The molecule has 0 fully saturated rings. The zero-order chi connectivity index (χ0) is 17.3. The van der Waals surface area contributed by atoms with Gasteiger partial charge in [0, 0.05) is 11.4 Å². The van der Waals surface area contributed by atoms with Gasteiger partial charge in [-0.2, -0.15) is 0 Å². The van der Waals surface area contributed by atoms with Gasteiger partial charge in [0.05, 0.1) is 11.1 Å². The smallest absolute Gasteiger partial charge is 0.298 e. The van der Waals surface area contributed by atoms with E-state index in [-0.39, 0.29) is 23.2 Å². The maximum Gasteiger partial charge on any atom is 0.298 e. The maximum atomic E-state index is 13.6. The molecule has 0 aliphatic rings. The zero-order valence-corrected chi connectivity index (χ0v) is 13.3. The van der Waals surface area contributed by atoms with Crippen LogP contribution in [0.5, 0.6) is 5.88 Å². The summed E-state index contributed by atoms with van der Waals surface area (Å²) in [5, 5.41) is 18.6. The predicted octanol–water partition coefficient (Wildman–Crippen LogP) is 4.99. The summed E-state index contributed by atoms with van der Waals surface area (Å²) in [5.41, 5.74) is 0.828. The number of carbonyl (C=O) groups excluding carboxylic acids is 1. The van der Waals surface area contributed by atoms with Gasteiger partial charge in [-0.25, -0.2) is 4.39 Å². The highest BCUT2D eigenvalue weighted by molar-refractivity contribution is 5.97. The van der Waals surface area contributed by atoms with Crippen LogP contribution in [-0.2, 0) is 0 Å². The summed E-state index contributed by atoms with van der Waals surface area (Å²) < 4.78 is 15.3. The van der Waals surface area contributed by atoms with E-state index < -0.39 is 11.7 Å². The average Bonchev–Trinajstić information content (AvgIpc) is 2.84. The summed E-state index contributed by atoms with van der Waals surface area (Å²) in [5.74, 6) is -1.53. The Morgan fingerprint density at radius 3 is 2.50 bits per heavy atom. The van der Waals surface area contributed by atoms with E-state index in [0.29, 0.717) is 5.39 Å². The molecule has 1 aromatic heterocycles. The van der Waals surface area contributed by atoms with Crippen molar-refractivity contribution in [1.29, 1.82) is 0 Å². The topological polar surface area (TPSA) is 66.9 Å². The van der Waals surface area contributed by atoms with Crippen molar-refractivity contribution in [1.82, 2.24) is 4.57 Å². The average molecular weight is 325 g/mol. The molecule has 0 unspecified atom stereocenters. The van der Waals surface area contributed by atoms with Gasteiger partial charge < -0.3 is 9.67 Å². The quantitative estimate of drug-likeness (QED) is 0.689. The van der Waals surface area contributed by atoms with E-state index in [2.05, 4.69) is 10.2 Å². The van der Waals surface area contributed by atoms with Crippen LogP contribution >= 0.6 is 0 Å². The fourth-order valence-corrected chi connectivity index (χ4v) is 2.64. The standard InChI is InChI=1S/C18H16FN3O2/c1-11(2)22-15-10-6-4-8-13(15)16(18(22)24)20-21-17(23)12-7-3-5-9-14(12)19/h3-11,24H,1-2H3. The number of nitrogens with zero attached hydrogens (tertiary/aromatic N) is 3. The van der Waals surface area contributed by atoms with E-state index in [1.165, 1.54) is 18.2 Å². The van der Waals surface area contributed by atoms with Crippen LogP contribution in [0.25, 0.3) is 10.9 Å². The Morgan fingerprint density at radius 1 is 1.12 bits per heavy atom. The zero-order valence-electron chi connectivity index (χ0n) is 13.3. The highest BCUT2D eigenvalue weighted by atomic mass is 19.1. The number of aromatic hydroxyl groups is 1. The number of benzene rings is 2. The van der Waals surface area contributed by atoms with E-state index in [9.17, 15) is 14.3 Å². The number of hydrogen-bond donors (Lipinski definition) is 1. The lowest BCUT2D eigenvalue weighted by molar-refractivity contribution is 0.0991. The fourth-order valence-electron chi connectivity index (χ4n) is 2.64. The van der Waals surface area contributed by atoms with E-state index >= 15 is 0 Å². The molecule has 0 spiro atoms. The first kappa shape index (κ1) is 15.9. The molecule has 2 aromatic carbocycles. The minimum atomic E-state index is -0.797. The van der Waals surface area contributed by atoms with Crippen LogP contribution in [0, 0.1) is 5.82 Å². The van der Waals surface area contributed by atoms with E-state index in [4.69, 9.17) is 0 Å². The van der Waals surface area contributed by atoms with E-state index in [1.807, 2.05) is 32.0 Å². The van der Waals surface area contributed by atoms with Gasteiger partial charge in [0.2, 0.25) is 5.88 Å². The van der Waals surface area contributed by atoms with Gasteiger partial charge in [-0.3, -0.25) is 4.79 Å². The first-order valence-corrected chi connectivity index (χ1v) is 7.53. The fraction of sp³-hybridized carbons (Fsp3) is 0.167. The van der Waals surface area contributed by atoms with Crippen molar-refractivity contribution in [2.24, 2.45) is 10.2 Å². The molecular formula is C18H16FN3O2. The van der Waals surface area contributed by atoms with Crippen LogP contribution in [0.4, 0.5) is 10.1 Å². The molecule has 1 N–H and O–H groups in total. The Kier molecular flexibility index (Phi) is 4.12. The molecule has 0 radical (unpaired) electrons. The third-order valence-electron chi connectivity index (χ3n) is 3.72. The van der Waals surface area contributed by atoms with Gasteiger partial charge in [0.25, 0.3) is 5.91 Å². The van der Waals surface area contributed by atoms with Gasteiger partial charge in [-0.05, 0) is 32.0 Å². The molecule has 0 atom stereocenters. The number of azo groups is 1. The minimum Gasteiger partial charge on any atom is -0.493 e. The molecule has 3 rings (SSSR count). The molecule has 5 nitrogen and oxygen atoms in total. The molecule has 1 heterocycles. The summed E-state index contributed by atoms with van der Waals surface area (Å²) in [6, 6.07) is 12.9. The Balaban J connectivity index is 2.06. The predicted molar refractivity (Wildman–Crippen MR) is 89.2 cm³/mol. The molecule has 0 saturated heterocycles. The number of para-hydroxylation sites is 1. The lowest BCUT2D eigenvalue weighted by Gasteiger charge is -2.10. The summed E-state index contributed by atoms with van der Waals surface area (Å²) in [6.45, 7) is 3.86. The van der Waals surface area contributed by atoms with Crippen molar-refractivity contribution in [3.8, 4) is 5.88 Å². The molecule has 6 heteroatoms. The third kappa shape index (κ3) is 2.67. The summed E-state index contributed by atoms with van der Waals surface area (Å²) in [7, 11) is 0. The third-order valence-corrected chi connectivity index (χ3v) is 3.72. The SMILES string of the molecule is CC(C)n1c(O)c(N=NC(=O)c2ccccc2F)c2ccccc21. The molecule has 0 aliphatic heterocycles. The second-order valence-corrected chi connectivity index (χ2v) is 5.64. The molecule has 24 heavy (non-hydrogen) atoms. The van der Waals surface area contributed by atoms with E-state index in [0.717, 1.165) is 5.52 Å². The van der Waals surface area contributed by atoms with Gasteiger partial charge in [-0.1, -0.05) is 30.3 Å². The largest absolute Gasteiger partial charge is 0.493 e. The number of hydrogen-bond acceptors (Lipinski definition) is 3. The first-order chi connectivity index (χ1) is 11.5. The van der Waals surface area contributed by atoms with Crippen molar-refractivity contribution in [2.45, 2.75) is 19.9 Å². The van der Waals surface area contributed by atoms with Crippen molar-refractivity contribution < 1.29 is 14.3 Å². The van der Waals surface area contributed by atoms with Crippen LogP contribution in [0.1, 0.15) is 30.2 Å².